The van der Waals surface area contributed by atoms with Gasteiger partial charge in [0.2, 0.25) is 5.91 Å². The predicted molar refractivity (Wildman–Crippen MR) is 69.5 cm³/mol. The highest BCUT2D eigenvalue weighted by Crippen LogP contribution is 2.12. The van der Waals surface area contributed by atoms with Gasteiger partial charge in [-0.15, -0.1) is 0 Å². The molecule has 0 aromatic heterocycles. The van der Waals surface area contributed by atoms with Crippen LogP contribution in [0.3, 0.4) is 0 Å². The van der Waals surface area contributed by atoms with Crippen LogP contribution in [-0.4, -0.2) is 31.8 Å². The van der Waals surface area contributed by atoms with E-state index in [4.69, 9.17) is 9.47 Å². The fourth-order valence-electron chi connectivity index (χ4n) is 1.90. The Labute approximate surface area is 107 Å². The van der Waals surface area contributed by atoms with Crippen LogP contribution in [0.5, 0.6) is 0 Å². The van der Waals surface area contributed by atoms with E-state index in [1.54, 1.807) is 0 Å². The van der Waals surface area contributed by atoms with Crippen LogP contribution in [0.2, 0.25) is 0 Å². The van der Waals surface area contributed by atoms with Crippen molar-refractivity contribution in [2.24, 2.45) is 0 Å². The highest BCUT2D eigenvalue weighted by atomic mass is 16.5. The van der Waals surface area contributed by atoms with E-state index >= 15 is 0 Å². The molecule has 2 rings (SSSR count). The Morgan fingerprint density at radius 1 is 1.39 bits per heavy atom. The molecule has 0 radical (unpaired) electrons. The number of benzene rings is 1. The lowest BCUT2D eigenvalue weighted by Crippen LogP contribution is -2.18. The Morgan fingerprint density at radius 2 is 2.22 bits per heavy atom. The third-order valence-electron chi connectivity index (χ3n) is 2.86. The highest BCUT2D eigenvalue weighted by Gasteiger charge is 2.15. The quantitative estimate of drug-likeness (QED) is 0.786. The SMILES string of the molecule is O=C(CCOCC1CCCO1)Nc1ccccc1. The van der Waals surface area contributed by atoms with Gasteiger partial charge >= 0.3 is 0 Å². The zero-order chi connectivity index (χ0) is 12.6. The molecule has 1 aromatic rings. The third-order valence-corrected chi connectivity index (χ3v) is 2.86. The van der Waals surface area contributed by atoms with Crippen molar-refractivity contribution in [3.05, 3.63) is 30.3 Å². The molecule has 1 saturated heterocycles. The first kappa shape index (κ1) is 13.1. The summed E-state index contributed by atoms with van der Waals surface area (Å²) in [7, 11) is 0. The smallest absolute Gasteiger partial charge is 0.226 e. The first-order valence-corrected chi connectivity index (χ1v) is 6.39. The topological polar surface area (TPSA) is 47.6 Å². The molecule has 1 aromatic carbocycles. The molecule has 1 atom stereocenters. The van der Waals surface area contributed by atoms with Gasteiger partial charge in [-0.2, -0.15) is 0 Å². The number of amides is 1. The Kier molecular flexibility index (Phi) is 5.17. The zero-order valence-electron chi connectivity index (χ0n) is 10.4. The number of rotatable bonds is 6. The summed E-state index contributed by atoms with van der Waals surface area (Å²) >= 11 is 0. The maximum atomic E-state index is 11.6. The summed E-state index contributed by atoms with van der Waals surface area (Å²) in [5.41, 5.74) is 0.821. The van der Waals surface area contributed by atoms with E-state index < -0.39 is 0 Å². The average molecular weight is 249 g/mol. The molecule has 0 saturated carbocycles. The minimum Gasteiger partial charge on any atom is -0.378 e. The molecule has 4 heteroatoms. The summed E-state index contributed by atoms with van der Waals surface area (Å²) in [5.74, 6) is -0.0199. The van der Waals surface area contributed by atoms with Crippen LogP contribution in [0.15, 0.2) is 30.3 Å². The largest absolute Gasteiger partial charge is 0.378 e. The lowest BCUT2D eigenvalue weighted by molar-refractivity contribution is -0.117. The van der Waals surface area contributed by atoms with Crippen LogP contribution in [-0.2, 0) is 14.3 Å². The number of anilines is 1. The molecule has 0 aliphatic carbocycles. The van der Waals surface area contributed by atoms with Gasteiger partial charge in [0.15, 0.2) is 0 Å². The normalized spacial score (nSPS) is 18.8. The van der Waals surface area contributed by atoms with Gasteiger partial charge in [-0.25, -0.2) is 0 Å². The van der Waals surface area contributed by atoms with Gasteiger partial charge in [0.25, 0.3) is 0 Å². The summed E-state index contributed by atoms with van der Waals surface area (Å²) in [4.78, 5) is 11.6. The van der Waals surface area contributed by atoms with Gasteiger partial charge in [-0.1, -0.05) is 18.2 Å². The fraction of sp³-hybridized carbons (Fsp3) is 0.500. The molecule has 1 N–H and O–H groups in total. The van der Waals surface area contributed by atoms with Crippen LogP contribution < -0.4 is 5.32 Å². The Bertz CT molecular complexity index is 361. The van der Waals surface area contributed by atoms with Crippen molar-refractivity contribution in [1.29, 1.82) is 0 Å². The number of carbonyl (C=O) groups is 1. The molecule has 1 aliphatic rings. The molecule has 4 nitrogen and oxygen atoms in total. The van der Waals surface area contributed by atoms with Crippen LogP contribution >= 0.6 is 0 Å². The van der Waals surface area contributed by atoms with Crippen LogP contribution in [0.25, 0.3) is 0 Å². The van der Waals surface area contributed by atoms with Crippen molar-refractivity contribution in [3.63, 3.8) is 0 Å². The number of para-hydroxylation sites is 1. The van der Waals surface area contributed by atoms with E-state index in [0.717, 1.165) is 25.1 Å². The van der Waals surface area contributed by atoms with E-state index in [1.165, 1.54) is 0 Å². The van der Waals surface area contributed by atoms with Gasteiger partial charge in [0.1, 0.15) is 0 Å². The Balaban J connectivity index is 1.57. The highest BCUT2D eigenvalue weighted by molar-refractivity contribution is 5.90. The van der Waals surface area contributed by atoms with E-state index in [-0.39, 0.29) is 12.0 Å². The summed E-state index contributed by atoms with van der Waals surface area (Å²) < 4.78 is 10.9. The van der Waals surface area contributed by atoms with Gasteiger partial charge in [0, 0.05) is 12.3 Å². The number of hydrogen-bond acceptors (Lipinski definition) is 3. The number of nitrogens with one attached hydrogen (secondary N) is 1. The second-order valence-electron chi connectivity index (χ2n) is 4.37. The molecule has 1 fully saturated rings. The Morgan fingerprint density at radius 3 is 2.94 bits per heavy atom. The van der Waals surface area contributed by atoms with Gasteiger partial charge < -0.3 is 14.8 Å². The monoisotopic (exact) mass is 249 g/mol. The summed E-state index contributed by atoms with van der Waals surface area (Å²) in [5, 5.41) is 2.82. The van der Waals surface area contributed by atoms with Crippen molar-refractivity contribution >= 4 is 11.6 Å². The fourth-order valence-corrected chi connectivity index (χ4v) is 1.90. The molecule has 0 spiro atoms. The van der Waals surface area contributed by atoms with E-state index in [1.807, 2.05) is 30.3 Å². The van der Waals surface area contributed by atoms with Gasteiger partial charge in [0.05, 0.1) is 25.7 Å². The minimum atomic E-state index is -0.0199. The van der Waals surface area contributed by atoms with Crippen molar-refractivity contribution in [1.82, 2.24) is 0 Å². The first-order valence-electron chi connectivity index (χ1n) is 6.39. The standard InChI is InChI=1S/C14H19NO3/c16-14(15-12-5-2-1-3-6-12)8-10-17-11-13-7-4-9-18-13/h1-3,5-6,13H,4,7-11H2,(H,15,16). The van der Waals surface area contributed by atoms with Gasteiger partial charge in [-0.05, 0) is 25.0 Å². The second kappa shape index (κ2) is 7.13. The Hall–Kier alpha value is -1.39. The molecular formula is C14H19NO3. The number of ether oxygens (including phenoxy) is 2. The third kappa shape index (κ3) is 4.47. The van der Waals surface area contributed by atoms with E-state index in [2.05, 4.69) is 5.32 Å². The molecule has 1 unspecified atom stereocenters. The molecular weight excluding hydrogens is 230 g/mol. The first-order chi connectivity index (χ1) is 8.84. The maximum Gasteiger partial charge on any atom is 0.226 e. The van der Waals surface area contributed by atoms with Crippen molar-refractivity contribution in [2.45, 2.75) is 25.4 Å². The van der Waals surface area contributed by atoms with E-state index in [0.29, 0.717) is 19.6 Å². The molecule has 1 heterocycles. The minimum absolute atomic E-state index is 0.0199. The van der Waals surface area contributed by atoms with Crippen LogP contribution in [0.1, 0.15) is 19.3 Å². The molecule has 18 heavy (non-hydrogen) atoms. The molecule has 1 aliphatic heterocycles. The zero-order valence-corrected chi connectivity index (χ0v) is 10.4. The number of carbonyl (C=O) groups excluding carboxylic acids is 1. The molecule has 0 bridgehead atoms. The maximum absolute atomic E-state index is 11.6. The van der Waals surface area contributed by atoms with Gasteiger partial charge in [-0.3, -0.25) is 4.79 Å². The van der Waals surface area contributed by atoms with Crippen molar-refractivity contribution in [2.75, 3.05) is 25.1 Å². The lowest BCUT2D eigenvalue weighted by Gasteiger charge is -2.10. The summed E-state index contributed by atoms with van der Waals surface area (Å²) in [6, 6.07) is 9.43. The number of hydrogen-bond donors (Lipinski definition) is 1. The van der Waals surface area contributed by atoms with Crippen molar-refractivity contribution in [3.8, 4) is 0 Å². The second-order valence-corrected chi connectivity index (χ2v) is 4.37. The van der Waals surface area contributed by atoms with E-state index in [9.17, 15) is 4.79 Å². The molecule has 1 amide bonds. The lowest BCUT2D eigenvalue weighted by atomic mass is 10.2. The summed E-state index contributed by atoms with van der Waals surface area (Å²) in [6.45, 7) is 1.87. The summed E-state index contributed by atoms with van der Waals surface area (Å²) in [6.07, 6.45) is 2.78. The average Bonchev–Trinajstić information content (AvgIpc) is 2.89. The molecule has 98 valence electrons. The predicted octanol–water partition coefficient (Wildman–Crippen LogP) is 2.21. The van der Waals surface area contributed by atoms with Crippen LogP contribution in [0.4, 0.5) is 5.69 Å². The van der Waals surface area contributed by atoms with Crippen molar-refractivity contribution < 1.29 is 14.3 Å². The van der Waals surface area contributed by atoms with Crippen LogP contribution in [0, 0.1) is 0 Å².